The van der Waals surface area contributed by atoms with E-state index in [2.05, 4.69) is 18.6 Å². The van der Waals surface area contributed by atoms with E-state index < -0.39 is 6.10 Å². The number of ether oxygens (including phenoxy) is 2. The molecule has 0 N–H and O–H groups in total. The minimum absolute atomic E-state index is 0.301. The van der Waals surface area contributed by atoms with Gasteiger partial charge in [-0.25, -0.2) is 4.79 Å². The van der Waals surface area contributed by atoms with Crippen molar-refractivity contribution in [2.75, 3.05) is 13.7 Å². The molecule has 0 fully saturated rings. The number of methoxy groups -OCH3 is 1. The van der Waals surface area contributed by atoms with Gasteiger partial charge in [-0.3, -0.25) is 0 Å². The van der Waals surface area contributed by atoms with Gasteiger partial charge in [0.2, 0.25) is 0 Å². The second kappa shape index (κ2) is 6.89. The first-order chi connectivity index (χ1) is 6.07. The molecule has 0 aromatic carbocycles. The molecule has 1 atom stereocenters. The zero-order valence-corrected chi connectivity index (χ0v) is 9.00. The lowest BCUT2D eigenvalue weighted by molar-refractivity contribution is -0.152. The van der Waals surface area contributed by atoms with Crippen molar-refractivity contribution >= 4 is 5.97 Å². The third kappa shape index (κ3) is 6.58. The molecule has 0 spiro atoms. The summed E-state index contributed by atoms with van der Waals surface area (Å²) in [6.45, 7) is 6.68. The molecule has 0 aliphatic heterocycles. The maximum atomic E-state index is 10.9. The number of carbonyl (C=O) groups is 1. The van der Waals surface area contributed by atoms with E-state index >= 15 is 0 Å². The first-order valence-electron chi connectivity index (χ1n) is 4.77. The van der Waals surface area contributed by atoms with Crippen LogP contribution in [0, 0.1) is 5.92 Å². The summed E-state index contributed by atoms with van der Waals surface area (Å²) in [5.74, 6) is 0.390. The van der Waals surface area contributed by atoms with Gasteiger partial charge in [-0.2, -0.15) is 0 Å². The average Bonchev–Trinajstić information content (AvgIpc) is 2.10. The molecule has 0 saturated heterocycles. The maximum absolute atomic E-state index is 10.9. The SMILES string of the molecule is COC(=O)[C@H](C)OCCCC(C)C. The van der Waals surface area contributed by atoms with Gasteiger partial charge in [0.05, 0.1) is 7.11 Å². The Balaban J connectivity index is 3.37. The van der Waals surface area contributed by atoms with Gasteiger partial charge in [0.25, 0.3) is 0 Å². The maximum Gasteiger partial charge on any atom is 0.334 e. The van der Waals surface area contributed by atoms with E-state index in [9.17, 15) is 4.79 Å². The minimum Gasteiger partial charge on any atom is -0.467 e. The van der Waals surface area contributed by atoms with Gasteiger partial charge in [0, 0.05) is 6.61 Å². The Kier molecular flexibility index (Phi) is 6.59. The van der Waals surface area contributed by atoms with Gasteiger partial charge in [0.15, 0.2) is 6.10 Å². The molecule has 0 rings (SSSR count). The number of hydrogen-bond acceptors (Lipinski definition) is 3. The van der Waals surface area contributed by atoms with Crippen molar-refractivity contribution in [3.63, 3.8) is 0 Å². The molecule has 13 heavy (non-hydrogen) atoms. The second-order valence-electron chi connectivity index (χ2n) is 3.57. The molecule has 3 heteroatoms. The van der Waals surface area contributed by atoms with Crippen molar-refractivity contribution < 1.29 is 14.3 Å². The molecule has 0 aliphatic carbocycles. The highest BCUT2D eigenvalue weighted by molar-refractivity contribution is 5.73. The topological polar surface area (TPSA) is 35.5 Å². The van der Waals surface area contributed by atoms with E-state index in [1.165, 1.54) is 7.11 Å². The molecule has 0 heterocycles. The lowest BCUT2D eigenvalue weighted by Crippen LogP contribution is -2.22. The van der Waals surface area contributed by atoms with Crippen LogP contribution in [0.15, 0.2) is 0 Å². The largest absolute Gasteiger partial charge is 0.467 e. The Morgan fingerprint density at radius 1 is 1.31 bits per heavy atom. The first kappa shape index (κ1) is 12.4. The minimum atomic E-state index is -0.433. The normalized spacial score (nSPS) is 13.0. The molecule has 3 nitrogen and oxygen atoms in total. The van der Waals surface area contributed by atoms with E-state index in [-0.39, 0.29) is 5.97 Å². The van der Waals surface area contributed by atoms with Gasteiger partial charge >= 0.3 is 5.97 Å². The van der Waals surface area contributed by atoms with E-state index in [0.717, 1.165) is 12.8 Å². The van der Waals surface area contributed by atoms with Crippen molar-refractivity contribution in [1.29, 1.82) is 0 Å². The quantitative estimate of drug-likeness (QED) is 0.472. The summed E-state index contributed by atoms with van der Waals surface area (Å²) >= 11 is 0. The van der Waals surface area contributed by atoms with Crippen LogP contribution in [0.1, 0.15) is 33.6 Å². The number of carbonyl (C=O) groups excluding carboxylic acids is 1. The summed E-state index contributed by atoms with van der Waals surface area (Å²) in [6.07, 6.45) is 1.70. The Hall–Kier alpha value is -0.570. The first-order valence-corrected chi connectivity index (χ1v) is 4.77. The van der Waals surface area contributed by atoms with E-state index in [1.807, 2.05) is 0 Å². The zero-order chi connectivity index (χ0) is 10.3. The van der Waals surface area contributed by atoms with Crippen molar-refractivity contribution in [3.05, 3.63) is 0 Å². The highest BCUT2D eigenvalue weighted by atomic mass is 16.6. The van der Waals surface area contributed by atoms with Crippen LogP contribution in [0.3, 0.4) is 0 Å². The van der Waals surface area contributed by atoms with Gasteiger partial charge in [0.1, 0.15) is 0 Å². The third-order valence-electron chi connectivity index (χ3n) is 1.83. The Bertz CT molecular complexity index is 143. The molecular weight excluding hydrogens is 168 g/mol. The molecule has 0 aromatic rings. The fourth-order valence-corrected chi connectivity index (χ4v) is 0.986. The molecule has 78 valence electrons. The summed E-state index contributed by atoms with van der Waals surface area (Å²) in [5.41, 5.74) is 0. The number of rotatable bonds is 6. The predicted molar refractivity (Wildman–Crippen MR) is 51.5 cm³/mol. The lowest BCUT2D eigenvalue weighted by atomic mass is 10.1. The predicted octanol–water partition coefficient (Wildman–Crippen LogP) is 2.00. The molecule has 0 aliphatic rings. The number of esters is 1. The van der Waals surface area contributed by atoms with Gasteiger partial charge in [-0.1, -0.05) is 13.8 Å². The smallest absolute Gasteiger partial charge is 0.334 e. The molecule has 0 radical (unpaired) electrons. The van der Waals surface area contributed by atoms with Crippen molar-refractivity contribution in [3.8, 4) is 0 Å². The Labute approximate surface area is 80.4 Å². The molecular formula is C10H20O3. The van der Waals surface area contributed by atoms with Gasteiger partial charge < -0.3 is 9.47 Å². The van der Waals surface area contributed by atoms with Gasteiger partial charge in [-0.05, 0) is 25.7 Å². The van der Waals surface area contributed by atoms with E-state index in [0.29, 0.717) is 12.5 Å². The highest BCUT2D eigenvalue weighted by Gasteiger charge is 2.12. The van der Waals surface area contributed by atoms with Crippen LogP contribution in [0.25, 0.3) is 0 Å². The fraction of sp³-hybridized carbons (Fsp3) is 0.900. The molecule has 0 bridgehead atoms. The highest BCUT2D eigenvalue weighted by Crippen LogP contribution is 2.04. The van der Waals surface area contributed by atoms with Crippen LogP contribution in [-0.4, -0.2) is 25.8 Å². The summed E-state index contributed by atoms with van der Waals surface area (Å²) in [6, 6.07) is 0. The molecule has 0 saturated carbocycles. The van der Waals surface area contributed by atoms with Crippen LogP contribution in [0.5, 0.6) is 0 Å². The van der Waals surface area contributed by atoms with Crippen LogP contribution < -0.4 is 0 Å². The van der Waals surface area contributed by atoms with Crippen LogP contribution in [0.4, 0.5) is 0 Å². The van der Waals surface area contributed by atoms with E-state index in [1.54, 1.807) is 6.92 Å². The Morgan fingerprint density at radius 3 is 2.38 bits per heavy atom. The van der Waals surface area contributed by atoms with Crippen molar-refractivity contribution in [2.24, 2.45) is 5.92 Å². The van der Waals surface area contributed by atoms with Crippen molar-refractivity contribution in [1.82, 2.24) is 0 Å². The number of hydrogen-bond donors (Lipinski definition) is 0. The standard InChI is InChI=1S/C10H20O3/c1-8(2)6-5-7-13-9(3)10(11)12-4/h8-9H,5-7H2,1-4H3/t9-/m0/s1. The summed E-state index contributed by atoms with van der Waals surface area (Å²) in [5, 5.41) is 0. The van der Waals surface area contributed by atoms with E-state index in [4.69, 9.17) is 4.74 Å². The monoisotopic (exact) mass is 188 g/mol. The van der Waals surface area contributed by atoms with Crippen LogP contribution in [0.2, 0.25) is 0 Å². The molecule has 0 aromatic heterocycles. The Morgan fingerprint density at radius 2 is 1.92 bits per heavy atom. The molecule has 0 amide bonds. The molecule has 0 unspecified atom stereocenters. The fourth-order valence-electron chi connectivity index (χ4n) is 0.986. The summed E-state index contributed by atoms with van der Waals surface area (Å²) < 4.78 is 9.80. The zero-order valence-electron chi connectivity index (χ0n) is 9.00. The average molecular weight is 188 g/mol. The second-order valence-corrected chi connectivity index (χ2v) is 3.57. The summed E-state index contributed by atoms with van der Waals surface area (Å²) in [4.78, 5) is 10.9. The third-order valence-corrected chi connectivity index (χ3v) is 1.83. The van der Waals surface area contributed by atoms with Gasteiger partial charge in [-0.15, -0.1) is 0 Å². The van der Waals surface area contributed by atoms with Crippen LogP contribution >= 0.6 is 0 Å². The van der Waals surface area contributed by atoms with Crippen molar-refractivity contribution in [2.45, 2.75) is 39.7 Å². The lowest BCUT2D eigenvalue weighted by Gasteiger charge is -2.10. The van der Waals surface area contributed by atoms with Crippen LogP contribution in [-0.2, 0) is 14.3 Å². The summed E-state index contributed by atoms with van der Waals surface area (Å²) in [7, 11) is 1.37.